The van der Waals surface area contributed by atoms with E-state index in [9.17, 15) is 8.78 Å². The molecule has 2 aromatic carbocycles. The van der Waals surface area contributed by atoms with E-state index in [0.29, 0.717) is 27.0 Å². The van der Waals surface area contributed by atoms with E-state index in [1.165, 1.54) is 33.8 Å². The molecule has 0 aliphatic rings. The van der Waals surface area contributed by atoms with E-state index < -0.39 is 11.6 Å². The van der Waals surface area contributed by atoms with Gasteiger partial charge < -0.3 is 10.6 Å². The smallest absolute Gasteiger partial charge is 0.177 e. The number of rotatable bonds is 6. The summed E-state index contributed by atoms with van der Waals surface area (Å²) in [5.41, 5.74) is 0.632. The van der Waals surface area contributed by atoms with Crippen LogP contribution in [0.5, 0.6) is 0 Å². The highest BCUT2D eigenvalue weighted by Gasteiger charge is 2.14. The van der Waals surface area contributed by atoms with Gasteiger partial charge in [0.25, 0.3) is 0 Å². The first-order valence-corrected chi connectivity index (χ1v) is 11.0. The maximum atomic E-state index is 14.0. The Kier molecular flexibility index (Phi) is 7.14. The highest BCUT2D eigenvalue weighted by molar-refractivity contribution is 7.80. The molecule has 0 saturated heterocycles. The Labute approximate surface area is 208 Å². The van der Waals surface area contributed by atoms with Gasteiger partial charge in [0.05, 0.1) is 13.1 Å². The predicted octanol–water partition coefficient (Wildman–Crippen LogP) is 6.22. The second-order valence-corrected chi connectivity index (χ2v) is 8.53. The van der Waals surface area contributed by atoms with Crippen LogP contribution < -0.4 is 10.6 Å². The van der Waals surface area contributed by atoms with Crippen molar-refractivity contribution in [3.05, 3.63) is 92.7 Å². The lowest BCUT2D eigenvalue weighted by Crippen LogP contribution is -2.20. The fraction of sp³-hybridized carbons (Fsp3) is 0.0952. The Morgan fingerprint density at radius 3 is 2.03 bits per heavy atom. The van der Waals surface area contributed by atoms with Gasteiger partial charge in [-0.2, -0.15) is 10.2 Å². The van der Waals surface area contributed by atoms with Crippen molar-refractivity contribution in [2.45, 2.75) is 13.1 Å². The lowest BCUT2D eigenvalue weighted by molar-refractivity contribution is 0.586. The highest BCUT2D eigenvalue weighted by Crippen LogP contribution is 2.24. The predicted molar refractivity (Wildman–Crippen MR) is 130 cm³/mol. The normalized spacial score (nSPS) is 10.9. The molecule has 0 atom stereocenters. The van der Waals surface area contributed by atoms with Crippen LogP contribution in [0.25, 0.3) is 0 Å². The van der Waals surface area contributed by atoms with Crippen molar-refractivity contribution in [3.8, 4) is 0 Å². The van der Waals surface area contributed by atoms with E-state index in [1.54, 1.807) is 30.5 Å². The summed E-state index contributed by atoms with van der Waals surface area (Å²) >= 11 is 23.7. The van der Waals surface area contributed by atoms with Gasteiger partial charge in [-0.3, -0.25) is 9.36 Å². The number of hydrogen-bond donors (Lipinski definition) is 2. The first kappa shape index (κ1) is 23.4. The van der Waals surface area contributed by atoms with E-state index in [-0.39, 0.29) is 29.0 Å². The molecular weight excluding hydrogens is 513 g/mol. The molecule has 33 heavy (non-hydrogen) atoms. The van der Waals surface area contributed by atoms with Crippen molar-refractivity contribution in [1.29, 1.82) is 0 Å². The molecule has 0 spiro atoms. The van der Waals surface area contributed by atoms with Gasteiger partial charge in [0.2, 0.25) is 0 Å². The molecular formula is C21H15Cl3F2N6S. The van der Waals surface area contributed by atoms with Crippen LogP contribution >= 0.6 is 47.0 Å². The Hall–Kier alpha value is -2.72. The summed E-state index contributed by atoms with van der Waals surface area (Å²) in [6.45, 7) is 0.248. The molecule has 2 heterocycles. The summed E-state index contributed by atoms with van der Waals surface area (Å²) < 4.78 is 31.0. The first-order chi connectivity index (χ1) is 15.8. The van der Waals surface area contributed by atoms with Crippen molar-refractivity contribution in [2.24, 2.45) is 0 Å². The third kappa shape index (κ3) is 5.62. The quantitative estimate of drug-likeness (QED) is 0.291. The highest BCUT2D eigenvalue weighted by atomic mass is 35.5. The summed E-state index contributed by atoms with van der Waals surface area (Å²) in [5, 5.41) is 15.4. The minimum absolute atomic E-state index is 0.0934. The van der Waals surface area contributed by atoms with Crippen LogP contribution in [0.2, 0.25) is 15.1 Å². The van der Waals surface area contributed by atoms with Crippen molar-refractivity contribution in [2.75, 3.05) is 10.6 Å². The van der Waals surface area contributed by atoms with Gasteiger partial charge in [-0.15, -0.1) is 0 Å². The van der Waals surface area contributed by atoms with Crippen LogP contribution in [-0.2, 0) is 13.1 Å². The molecule has 170 valence electrons. The molecule has 0 saturated carbocycles. The SMILES string of the molecule is Fc1cccc(Cl)c1Cn1ccc(NC(=S)Nc2nn(Cc3c(F)cccc3Cl)cc2Cl)n1. The third-order valence-electron chi connectivity index (χ3n) is 4.59. The maximum Gasteiger partial charge on any atom is 0.177 e. The van der Waals surface area contributed by atoms with Crippen LogP contribution in [0, 0.1) is 11.6 Å². The number of nitrogens with one attached hydrogen (secondary N) is 2. The third-order valence-corrected chi connectivity index (χ3v) is 5.78. The van der Waals surface area contributed by atoms with Crippen molar-refractivity contribution >= 4 is 63.8 Å². The number of benzene rings is 2. The molecule has 0 fully saturated rings. The molecule has 4 aromatic rings. The molecule has 0 unspecified atom stereocenters. The van der Waals surface area contributed by atoms with E-state index in [2.05, 4.69) is 20.8 Å². The minimum Gasteiger partial charge on any atom is -0.316 e. The van der Waals surface area contributed by atoms with Crippen LogP contribution in [0.4, 0.5) is 20.4 Å². The zero-order chi connectivity index (χ0) is 23.5. The van der Waals surface area contributed by atoms with Crippen molar-refractivity contribution in [3.63, 3.8) is 0 Å². The average Bonchev–Trinajstić information content (AvgIpc) is 3.33. The van der Waals surface area contributed by atoms with E-state index in [0.717, 1.165) is 0 Å². The number of anilines is 2. The molecule has 4 rings (SSSR count). The van der Waals surface area contributed by atoms with Gasteiger partial charge in [0.15, 0.2) is 16.7 Å². The van der Waals surface area contributed by atoms with E-state index in [1.807, 2.05) is 0 Å². The van der Waals surface area contributed by atoms with Crippen LogP contribution in [0.1, 0.15) is 11.1 Å². The second-order valence-electron chi connectivity index (χ2n) is 6.90. The van der Waals surface area contributed by atoms with Gasteiger partial charge in [-0.25, -0.2) is 8.78 Å². The largest absolute Gasteiger partial charge is 0.316 e. The zero-order valence-electron chi connectivity index (χ0n) is 16.7. The number of aromatic nitrogens is 4. The molecule has 12 heteroatoms. The minimum atomic E-state index is -0.437. The summed E-state index contributed by atoms with van der Waals surface area (Å²) in [5.74, 6) is -0.146. The Morgan fingerprint density at radius 2 is 1.42 bits per heavy atom. The second kappa shape index (κ2) is 10.0. The Morgan fingerprint density at radius 1 is 0.818 bits per heavy atom. The average molecular weight is 528 g/mol. The number of thiocarbonyl (C=S) groups is 1. The van der Waals surface area contributed by atoms with E-state index in [4.69, 9.17) is 47.0 Å². The zero-order valence-corrected chi connectivity index (χ0v) is 19.8. The van der Waals surface area contributed by atoms with Gasteiger partial charge in [0.1, 0.15) is 16.7 Å². The number of hydrogen-bond acceptors (Lipinski definition) is 3. The Balaban J connectivity index is 1.40. The van der Waals surface area contributed by atoms with Crippen LogP contribution in [0.3, 0.4) is 0 Å². The van der Waals surface area contributed by atoms with Gasteiger partial charge >= 0.3 is 0 Å². The summed E-state index contributed by atoms with van der Waals surface area (Å²) in [4.78, 5) is 0. The molecule has 6 nitrogen and oxygen atoms in total. The van der Waals surface area contributed by atoms with Gasteiger partial charge in [-0.05, 0) is 36.5 Å². The van der Waals surface area contributed by atoms with Gasteiger partial charge in [-0.1, -0.05) is 46.9 Å². The number of nitrogens with zero attached hydrogens (tertiary/aromatic N) is 4. The lowest BCUT2D eigenvalue weighted by Gasteiger charge is -2.08. The fourth-order valence-electron chi connectivity index (χ4n) is 3.03. The molecule has 0 bridgehead atoms. The van der Waals surface area contributed by atoms with E-state index >= 15 is 0 Å². The summed E-state index contributed by atoms with van der Waals surface area (Å²) in [6, 6.07) is 10.6. The van der Waals surface area contributed by atoms with Crippen molar-refractivity contribution < 1.29 is 8.78 Å². The molecule has 0 radical (unpaired) electrons. The Bertz CT molecular complexity index is 1280. The molecule has 2 aromatic heterocycles. The van der Waals surface area contributed by atoms with Crippen molar-refractivity contribution in [1.82, 2.24) is 19.6 Å². The van der Waals surface area contributed by atoms with Crippen LogP contribution in [-0.4, -0.2) is 24.7 Å². The molecule has 0 aliphatic heterocycles. The topological polar surface area (TPSA) is 59.7 Å². The standard InChI is InChI=1S/C21H15Cl3F2N6S/c22-14-3-1-5-17(25)12(14)9-31-8-7-19(29-31)27-21(33)28-20-16(24)11-32(30-20)10-13-15(23)4-2-6-18(13)26/h1-8,11H,9-10H2,(H2,27,28,29,30,33). The first-order valence-electron chi connectivity index (χ1n) is 9.50. The fourth-order valence-corrected chi connectivity index (χ4v) is 3.87. The van der Waals surface area contributed by atoms with Gasteiger partial charge in [0, 0.05) is 39.6 Å². The molecule has 0 amide bonds. The maximum absolute atomic E-state index is 14.0. The summed E-state index contributed by atoms with van der Waals surface area (Å²) in [6.07, 6.45) is 3.19. The van der Waals surface area contributed by atoms with Crippen LogP contribution in [0.15, 0.2) is 54.9 Å². The number of halogens is 5. The molecule has 2 N–H and O–H groups in total. The lowest BCUT2D eigenvalue weighted by atomic mass is 10.2. The monoisotopic (exact) mass is 526 g/mol. The summed E-state index contributed by atoms with van der Waals surface area (Å²) in [7, 11) is 0. The molecule has 0 aliphatic carbocycles.